The Morgan fingerprint density at radius 1 is 1.19 bits per heavy atom. The summed E-state index contributed by atoms with van der Waals surface area (Å²) in [7, 11) is 0. The molecule has 0 atom stereocenters. The van der Waals surface area contributed by atoms with Crippen molar-refractivity contribution < 1.29 is 8.78 Å². The zero-order chi connectivity index (χ0) is 15.0. The third-order valence-corrected chi connectivity index (χ3v) is 4.45. The lowest BCUT2D eigenvalue weighted by Crippen LogP contribution is -2.12. The predicted octanol–water partition coefficient (Wildman–Crippen LogP) is 4.23. The molecule has 0 unspecified atom stereocenters. The van der Waals surface area contributed by atoms with E-state index >= 15 is 0 Å². The maximum atomic E-state index is 14.1. The summed E-state index contributed by atoms with van der Waals surface area (Å²) in [5, 5.41) is 7.01. The van der Waals surface area contributed by atoms with Gasteiger partial charge in [-0.15, -0.1) is 0 Å². The van der Waals surface area contributed by atoms with Crippen molar-refractivity contribution in [3.05, 3.63) is 35.5 Å². The summed E-state index contributed by atoms with van der Waals surface area (Å²) in [5.74, 6) is 0.118. The number of H-pyrrole nitrogens is 1. The summed E-state index contributed by atoms with van der Waals surface area (Å²) in [6.07, 6.45) is 4.38. The van der Waals surface area contributed by atoms with Crippen LogP contribution in [-0.4, -0.2) is 10.2 Å². The molecule has 3 nitrogen and oxygen atoms in total. The van der Waals surface area contributed by atoms with Crippen molar-refractivity contribution >= 4 is 5.82 Å². The summed E-state index contributed by atoms with van der Waals surface area (Å²) < 4.78 is 27.2. The first-order chi connectivity index (χ1) is 10.1. The second-order valence-electron chi connectivity index (χ2n) is 5.98. The summed E-state index contributed by atoms with van der Waals surface area (Å²) in [4.78, 5) is 0. The second kappa shape index (κ2) is 5.47. The number of nitrogens with zero attached hydrogens (tertiary/aromatic N) is 1. The number of nitrogen functional groups attached to an aromatic ring is 1. The second-order valence-corrected chi connectivity index (χ2v) is 5.98. The highest BCUT2D eigenvalue weighted by Crippen LogP contribution is 2.41. The summed E-state index contributed by atoms with van der Waals surface area (Å²) >= 11 is 0. The van der Waals surface area contributed by atoms with E-state index in [0.717, 1.165) is 43.4 Å². The molecule has 1 aliphatic carbocycles. The maximum absolute atomic E-state index is 14.1. The number of hydrogen-bond acceptors (Lipinski definition) is 2. The molecule has 112 valence electrons. The SMILES string of the molecule is CC1CCC(c2[nH]nc(N)c2-c2ccc(F)cc2F)CC1. The summed E-state index contributed by atoms with van der Waals surface area (Å²) in [6, 6.07) is 3.56. The Bertz CT molecular complexity index is 643. The molecule has 0 spiro atoms. The number of aromatic nitrogens is 2. The third-order valence-electron chi connectivity index (χ3n) is 4.45. The molecule has 0 amide bonds. The molecule has 0 saturated heterocycles. The van der Waals surface area contributed by atoms with Gasteiger partial charge in [-0.2, -0.15) is 5.10 Å². The Balaban J connectivity index is 2.01. The largest absolute Gasteiger partial charge is 0.382 e. The lowest BCUT2D eigenvalue weighted by molar-refractivity contribution is 0.344. The highest BCUT2D eigenvalue weighted by Gasteiger charge is 2.26. The Labute approximate surface area is 122 Å². The van der Waals surface area contributed by atoms with Gasteiger partial charge in [0.1, 0.15) is 11.6 Å². The number of rotatable bonds is 2. The lowest BCUT2D eigenvalue weighted by Gasteiger charge is -2.26. The standard InChI is InChI=1S/C16H19F2N3/c1-9-2-4-10(5-3-9)15-14(16(19)21-20-15)12-7-6-11(17)8-13(12)18/h6-10H,2-5H2,1H3,(H3,19,20,21). The van der Waals surface area contributed by atoms with E-state index in [1.807, 2.05) is 0 Å². The van der Waals surface area contributed by atoms with E-state index in [0.29, 0.717) is 17.0 Å². The van der Waals surface area contributed by atoms with Crippen molar-refractivity contribution in [1.29, 1.82) is 0 Å². The molecule has 0 bridgehead atoms. The van der Waals surface area contributed by atoms with Crippen LogP contribution in [0, 0.1) is 17.6 Å². The van der Waals surface area contributed by atoms with Crippen molar-refractivity contribution in [2.75, 3.05) is 5.73 Å². The number of aromatic amines is 1. The van der Waals surface area contributed by atoms with Gasteiger partial charge in [0, 0.05) is 28.8 Å². The minimum atomic E-state index is -0.603. The van der Waals surface area contributed by atoms with Crippen LogP contribution in [0.25, 0.3) is 11.1 Å². The Kier molecular flexibility index (Phi) is 3.66. The van der Waals surface area contributed by atoms with E-state index in [1.54, 1.807) is 0 Å². The minimum absolute atomic E-state index is 0.272. The van der Waals surface area contributed by atoms with E-state index in [1.165, 1.54) is 12.1 Å². The monoisotopic (exact) mass is 291 g/mol. The third kappa shape index (κ3) is 2.64. The van der Waals surface area contributed by atoms with Gasteiger partial charge in [0.25, 0.3) is 0 Å². The topological polar surface area (TPSA) is 54.7 Å². The van der Waals surface area contributed by atoms with Gasteiger partial charge in [-0.1, -0.05) is 19.8 Å². The maximum Gasteiger partial charge on any atom is 0.153 e. The van der Waals surface area contributed by atoms with Gasteiger partial charge in [-0.25, -0.2) is 8.78 Å². The molecule has 0 aliphatic heterocycles. The summed E-state index contributed by atoms with van der Waals surface area (Å²) in [5.41, 5.74) is 7.70. The van der Waals surface area contributed by atoms with Gasteiger partial charge < -0.3 is 5.73 Å². The fourth-order valence-electron chi connectivity index (χ4n) is 3.19. The normalized spacial score (nSPS) is 22.4. The number of halogens is 2. The number of hydrogen-bond donors (Lipinski definition) is 2. The van der Waals surface area contributed by atoms with Crippen LogP contribution in [0.2, 0.25) is 0 Å². The van der Waals surface area contributed by atoms with Crippen LogP contribution >= 0.6 is 0 Å². The molecule has 1 aromatic carbocycles. The number of nitrogens with two attached hydrogens (primary N) is 1. The van der Waals surface area contributed by atoms with Crippen LogP contribution in [0.5, 0.6) is 0 Å². The quantitative estimate of drug-likeness (QED) is 0.870. The fourth-order valence-corrected chi connectivity index (χ4v) is 3.19. The molecule has 1 fully saturated rings. The van der Waals surface area contributed by atoms with E-state index in [2.05, 4.69) is 17.1 Å². The highest BCUT2D eigenvalue weighted by atomic mass is 19.1. The average molecular weight is 291 g/mol. The predicted molar refractivity (Wildman–Crippen MR) is 78.7 cm³/mol. The molecule has 5 heteroatoms. The van der Waals surface area contributed by atoms with Crippen molar-refractivity contribution in [1.82, 2.24) is 10.2 Å². The molecular weight excluding hydrogens is 272 g/mol. The van der Waals surface area contributed by atoms with Crippen molar-refractivity contribution in [2.45, 2.75) is 38.5 Å². The molecule has 1 saturated carbocycles. The first-order valence-electron chi connectivity index (χ1n) is 7.35. The molecule has 2 aromatic rings. The van der Waals surface area contributed by atoms with E-state index in [-0.39, 0.29) is 5.82 Å². The molecule has 1 heterocycles. The van der Waals surface area contributed by atoms with Gasteiger partial charge in [0.05, 0.1) is 0 Å². The van der Waals surface area contributed by atoms with E-state index in [9.17, 15) is 8.78 Å². The molecule has 0 radical (unpaired) electrons. The smallest absolute Gasteiger partial charge is 0.153 e. The van der Waals surface area contributed by atoms with Crippen LogP contribution < -0.4 is 5.73 Å². The summed E-state index contributed by atoms with van der Waals surface area (Å²) in [6.45, 7) is 2.25. The zero-order valence-electron chi connectivity index (χ0n) is 12.0. The van der Waals surface area contributed by atoms with E-state index in [4.69, 9.17) is 5.73 Å². The van der Waals surface area contributed by atoms with Gasteiger partial charge >= 0.3 is 0 Å². The van der Waals surface area contributed by atoms with Gasteiger partial charge in [-0.05, 0) is 30.9 Å². The highest BCUT2D eigenvalue weighted by molar-refractivity contribution is 5.77. The van der Waals surface area contributed by atoms with Crippen molar-refractivity contribution in [2.24, 2.45) is 5.92 Å². The number of nitrogens with one attached hydrogen (secondary N) is 1. The Morgan fingerprint density at radius 2 is 1.90 bits per heavy atom. The van der Waals surface area contributed by atoms with Crippen molar-refractivity contribution in [3.8, 4) is 11.1 Å². The molecule has 3 N–H and O–H groups in total. The average Bonchev–Trinajstić information content (AvgIpc) is 2.82. The molecule has 21 heavy (non-hydrogen) atoms. The van der Waals surface area contributed by atoms with Crippen LogP contribution in [0.3, 0.4) is 0 Å². The van der Waals surface area contributed by atoms with Crippen LogP contribution in [0.4, 0.5) is 14.6 Å². The Morgan fingerprint density at radius 3 is 2.57 bits per heavy atom. The van der Waals surface area contributed by atoms with Crippen LogP contribution in [-0.2, 0) is 0 Å². The number of anilines is 1. The fraction of sp³-hybridized carbons (Fsp3) is 0.438. The Hall–Kier alpha value is -1.91. The first-order valence-corrected chi connectivity index (χ1v) is 7.35. The first kappa shape index (κ1) is 14.0. The molecule has 1 aliphatic rings. The molecule has 1 aromatic heterocycles. The van der Waals surface area contributed by atoms with Gasteiger partial charge in [0.2, 0.25) is 0 Å². The van der Waals surface area contributed by atoms with Gasteiger partial charge in [0.15, 0.2) is 5.82 Å². The van der Waals surface area contributed by atoms with Crippen molar-refractivity contribution in [3.63, 3.8) is 0 Å². The molecule has 3 rings (SSSR count). The zero-order valence-corrected chi connectivity index (χ0v) is 12.0. The van der Waals surface area contributed by atoms with Gasteiger partial charge in [-0.3, -0.25) is 5.10 Å². The number of benzene rings is 1. The van der Waals surface area contributed by atoms with Crippen LogP contribution in [0.1, 0.15) is 44.2 Å². The molecular formula is C16H19F2N3. The minimum Gasteiger partial charge on any atom is -0.382 e. The van der Waals surface area contributed by atoms with E-state index < -0.39 is 11.6 Å². The van der Waals surface area contributed by atoms with Crippen LogP contribution in [0.15, 0.2) is 18.2 Å². The lowest BCUT2D eigenvalue weighted by atomic mass is 9.80.